The van der Waals surface area contributed by atoms with E-state index in [1.807, 2.05) is 0 Å². The van der Waals surface area contributed by atoms with Gasteiger partial charge in [0.1, 0.15) is 0 Å². The van der Waals surface area contributed by atoms with Crippen LogP contribution in [0.15, 0.2) is 18.2 Å². The van der Waals surface area contributed by atoms with Gasteiger partial charge >= 0.3 is 0 Å². The first-order valence-electron chi connectivity index (χ1n) is 5.58. The molecule has 0 spiro atoms. The van der Waals surface area contributed by atoms with Crippen LogP contribution in [0.1, 0.15) is 10.4 Å². The Morgan fingerprint density at radius 1 is 1.37 bits per heavy atom. The molecule has 108 valence electrons. The van der Waals surface area contributed by atoms with Crippen molar-refractivity contribution in [3.05, 3.63) is 32.4 Å². The van der Waals surface area contributed by atoms with E-state index in [0.717, 1.165) is 16.7 Å². The predicted molar refractivity (Wildman–Crippen MR) is 88.5 cm³/mol. The minimum absolute atomic E-state index is 0. The molecule has 1 aromatic carbocycles. The van der Waals surface area contributed by atoms with E-state index < -0.39 is 0 Å². The molecular weight excluding hydrogens is 402 g/mol. The molecule has 0 fully saturated rings. The van der Waals surface area contributed by atoms with Crippen LogP contribution in [-0.4, -0.2) is 39.3 Å². The molecular formula is C12H17Cl2IN2O2. The zero-order chi connectivity index (χ0) is 13.4. The lowest BCUT2D eigenvalue weighted by atomic mass is 10.2. The number of methoxy groups -OCH3 is 1. The Morgan fingerprint density at radius 3 is 2.74 bits per heavy atom. The fourth-order valence-electron chi connectivity index (χ4n) is 1.30. The summed E-state index contributed by atoms with van der Waals surface area (Å²) in [5, 5.41) is 6.65. The van der Waals surface area contributed by atoms with Gasteiger partial charge in [0.2, 0.25) is 0 Å². The zero-order valence-corrected chi connectivity index (χ0v) is 14.3. The van der Waals surface area contributed by atoms with Crippen LogP contribution in [0.2, 0.25) is 5.02 Å². The minimum Gasteiger partial charge on any atom is -0.383 e. The Hall–Kier alpha value is -0.0800. The molecule has 0 radical (unpaired) electrons. The highest BCUT2D eigenvalue weighted by atomic mass is 127. The second-order valence-electron chi connectivity index (χ2n) is 3.63. The van der Waals surface area contributed by atoms with E-state index in [2.05, 4.69) is 33.2 Å². The monoisotopic (exact) mass is 418 g/mol. The lowest BCUT2D eigenvalue weighted by Crippen LogP contribution is -2.33. The minimum atomic E-state index is -0.0851. The summed E-state index contributed by atoms with van der Waals surface area (Å²) in [5.41, 5.74) is 0.626. The van der Waals surface area contributed by atoms with Crippen molar-refractivity contribution >= 4 is 52.5 Å². The van der Waals surface area contributed by atoms with E-state index in [-0.39, 0.29) is 18.3 Å². The fraction of sp³-hybridized carbons (Fsp3) is 0.417. The first-order chi connectivity index (χ1) is 8.65. The van der Waals surface area contributed by atoms with Crippen molar-refractivity contribution in [1.82, 2.24) is 10.6 Å². The van der Waals surface area contributed by atoms with Gasteiger partial charge in [-0.15, -0.1) is 12.4 Å². The Labute approximate surface area is 138 Å². The van der Waals surface area contributed by atoms with Crippen molar-refractivity contribution < 1.29 is 9.53 Å². The van der Waals surface area contributed by atoms with E-state index in [1.165, 1.54) is 0 Å². The summed E-state index contributed by atoms with van der Waals surface area (Å²) >= 11 is 8.00. The first kappa shape index (κ1) is 18.9. The molecule has 0 unspecified atom stereocenters. The number of hydrogen-bond acceptors (Lipinski definition) is 3. The van der Waals surface area contributed by atoms with Gasteiger partial charge in [-0.3, -0.25) is 4.79 Å². The number of benzene rings is 1. The standard InChI is InChI=1S/C12H16ClIN2O2.ClH/c1-18-7-6-15-4-5-16-12(17)9-2-3-10(13)11(14)8-9;/h2-3,8,15H,4-7H2,1H3,(H,16,17);1H. The summed E-state index contributed by atoms with van der Waals surface area (Å²) in [5.74, 6) is -0.0851. The van der Waals surface area contributed by atoms with Gasteiger partial charge in [-0.25, -0.2) is 0 Å². The molecule has 0 aromatic heterocycles. The second-order valence-corrected chi connectivity index (χ2v) is 5.20. The van der Waals surface area contributed by atoms with Gasteiger partial charge in [0, 0.05) is 35.9 Å². The maximum Gasteiger partial charge on any atom is 0.251 e. The molecule has 0 atom stereocenters. The van der Waals surface area contributed by atoms with Gasteiger partial charge in [0.05, 0.1) is 11.6 Å². The zero-order valence-electron chi connectivity index (χ0n) is 10.5. The topological polar surface area (TPSA) is 50.4 Å². The van der Waals surface area contributed by atoms with Crippen LogP contribution in [0.5, 0.6) is 0 Å². The Morgan fingerprint density at radius 2 is 2.11 bits per heavy atom. The maximum atomic E-state index is 11.8. The number of carbonyl (C=O) groups is 1. The van der Waals surface area contributed by atoms with Crippen molar-refractivity contribution in [2.45, 2.75) is 0 Å². The molecule has 0 saturated heterocycles. The third kappa shape index (κ3) is 7.31. The Balaban J connectivity index is 0.00000324. The molecule has 1 aromatic rings. The van der Waals surface area contributed by atoms with Crippen LogP contribution in [0, 0.1) is 3.57 Å². The van der Waals surface area contributed by atoms with Crippen LogP contribution in [0.25, 0.3) is 0 Å². The van der Waals surface area contributed by atoms with Crippen molar-refractivity contribution in [2.75, 3.05) is 33.4 Å². The van der Waals surface area contributed by atoms with Crippen LogP contribution in [0.4, 0.5) is 0 Å². The molecule has 4 nitrogen and oxygen atoms in total. The summed E-state index contributed by atoms with van der Waals surface area (Å²) in [4.78, 5) is 11.8. The number of ether oxygens (including phenoxy) is 1. The number of hydrogen-bond donors (Lipinski definition) is 2. The molecule has 0 bridgehead atoms. The third-order valence-electron chi connectivity index (χ3n) is 2.25. The normalized spacial score (nSPS) is 9.84. The molecule has 1 rings (SSSR count). The van der Waals surface area contributed by atoms with Gasteiger partial charge < -0.3 is 15.4 Å². The maximum absolute atomic E-state index is 11.8. The molecule has 0 aliphatic rings. The largest absolute Gasteiger partial charge is 0.383 e. The summed E-state index contributed by atoms with van der Waals surface area (Å²) in [6.45, 7) is 2.76. The molecule has 0 aliphatic carbocycles. The van der Waals surface area contributed by atoms with Gasteiger partial charge in [0.25, 0.3) is 5.91 Å². The lowest BCUT2D eigenvalue weighted by molar-refractivity contribution is 0.0953. The number of amides is 1. The van der Waals surface area contributed by atoms with E-state index in [0.29, 0.717) is 23.7 Å². The predicted octanol–water partition coefficient (Wildman–Crippen LogP) is 2.33. The molecule has 7 heteroatoms. The summed E-state index contributed by atoms with van der Waals surface area (Å²) < 4.78 is 5.78. The average molecular weight is 419 g/mol. The highest BCUT2D eigenvalue weighted by Gasteiger charge is 2.06. The van der Waals surface area contributed by atoms with Crippen LogP contribution in [-0.2, 0) is 4.74 Å². The molecule has 0 aliphatic heterocycles. The lowest BCUT2D eigenvalue weighted by Gasteiger charge is -2.07. The quantitative estimate of drug-likeness (QED) is 0.527. The number of carbonyl (C=O) groups excluding carboxylic acids is 1. The van der Waals surface area contributed by atoms with Crippen LogP contribution >= 0.6 is 46.6 Å². The SMILES string of the molecule is COCCNCCNC(=O)c1ccc(Cl)c(I)c1.Cl. The molecule has 19 heavy (non-hydrogen) atoms. The van der Waals surface area contributed by atoms with Crippen molar-refractivity contribution in [3.8, 4) is 0 Å². The molecule has 1 amide bonds. The van der Waals surface area contributed by atoms with E-state index in [1.54, 1.807) is 25.3 Å². The average Bonchev–Trinajstić information content (AvgIpc) is 2.36. The van der Waals surface area contributed by atoms with Gasteiger partial charge in [-0.05, 0) is 40.8 Å². The Kier molecular flexibility index (Phi) is 10.6. The van der Waals surface area contributed by atoms with Crippen molar-refractivity contribution in [3.63, 3.8) is 0 Å². The second kappa shape index (κ2) is 10.7. The number of nitrogens with one attached hydrogen (secondary N) is 2. The fourth-order valence-corrected chi connectivity index (χ4v) is 1.94. The van der Waals surface area contributed by atoms with E-state index in [9.17, 15) is 4.79 Å². The van der Waals surface area contributed by atoms with E-state index >= 15 is 0 Å². The Bertz CT molecular complexity index is 405. The number of rotatable bonds is 7. The first-order valence-corrected chi connectivity index (χ1v) is 7.03. The molecule has 0 saturated carbocycles. The summed E-state index contributed by atoms with van der Waals surface area (Å²) in [6, 6.07) is 5.23. The molecule has 0 heterocycles. The van der Waals surface area contributed by atoms with Gasteiger partial charge in [-0.2, -0.15) is 0 Å². The summed E-state index contributed by atoms with van der Waals surface area (Å²) in [6.07, 6.45) is 0. The van der Waals surface area contributed by atoms with Crippen LogP contribution in [0.3, 0.4) is 0 Å². The third-order valence-corrected chi connectivity index (χ3v) is 3.79. The van der Waals surface area contributed by atoms with Crippen molar-refractivity contribution in [2.24, 2.45) is 0 Å². The highest BCUT2D eigenvalue weighted by molar-refractivity contribution is 14.1. The van der Waals surface area contributed by atoms with Gasteiger partial charge in [-0.1, -0.05) is 11.6 Å². The highest BCUT2D eigenvalue weighted by Crippen LogP contribution is 2.19. The van der Waals surface area contributed by atoms with Crippen LogP contribution < -0.4 is 10.6 Å². The smallest absolute Gasteiger partial charge is 0.251 e. The van der Waals surface area contributed by atoms with E-state index in [4.69, 9.17) is 16.3 Å². The summed E-state index contributed by atoms with van der Waals surface area (Å²) in [7, 11) is 1.66. The van der Waals surface area contributed by atoms with Crippen molar-refractivity contribution in [1.29, 1.82) is 0 Å². The number of halogens is 3. The van der Waals surface area contributed by atoms with Gasteiger partial charge in [0.15, 0.2) is 0 Å². The molecule has 2 N–H and O–H groups in total.